The van der Waals surface area contributed by atoms with Gasteiger partial charge in [-0.15, -0.1) is 0 Å². The Morgan fingerprint density at radius 3 is 2.53 bits per heavy atom. The van der Waals surface area contributed by atoms with Gasteiger partial charge in [-0.3, -0.25) is 9.59 Å². The number of ether oxygens (including phenoxy) is 3. The SMILES string of the molecule is CCOC(=O)C1=C(C)NC2=C(C(=O)[C@@H](C(=O)OC)[C@@H](C)C2)[C@@H]1c1ccccc1OC. The second-order valence-corrected chi connectivity index (χ2v) is 7.50. The Balaban J connectivity index is 2.23. The first-order valence-electron chi connectivity index (χ1n) is 9.98. The minimum absolute atomic E-state index is 0.204. The fraction of sp³-hybridized carbons (Fsp3) is 0.435. The van der Waals surface area contributed by atoms with Crippen molar-refractivity contribution in [1.29, 1.82) is 0 Å². The van der Waals surface area contributed by atoms with E-state index in [1.54, 1.807) is 19.9 Å². The molecule has 30 heavy (non-hydrogen) atoms. The predicted octanol–water partition coefficient (Wildman–Crippen LogP) is 2.87. The minimum Gasteiger partial charge on any atom is -0.496 e. The van der Waals surface area contributed by atoms with Gasteiger partial charge >= 0.3 is 11.9 Å². The molecule has 0 bridgehead atoms. The first-order chi connectivity index (χ1) is 14.3. The highest BCUT2D eigenvalue weighted by molar-refractivity contribution is 6.12. The second-order valence-electron chi connectivity index (χ2n) is 7.50. The van der Waals surface area contributed by atoms with E-state index >= 15 is 0 Å². The zero-order chi connectivity index (χ0) is 22.0. The summed E-state index contributed by atoms with van der Waals surface area (Å²) in [6.45, 7) is 5.58. The summed E-state index contributed by atoms with van der Waals surface area (Å²) in [4.78, 5) is 38.9. The Morgan fingerprint density at radius 1 is 1.20 bits per heavy atom. The van der Waals surface area contributed by atoms with E-state index in [9.17, 15) is 14.4 Å². The van der Waals surface area contributed by atoms with Crippen LogP contribution in [0.15, 0.2) is 46.8 Å². The largest absolute Gasteiger partial charge is 0.496 e. The monoisotopic (exact) mass is 413 g/mol. The molecule has 160 valence electrons. The number of carbonyl (C=O) groups excluding carboxylic acids is 3. The molecule has 0 aromatic heterocycles. The standard InChI is InChI=1S/C23H27NO6/c1-6-30-23(27)18-13(3)24-15-11-12(2)17(22(26)29-5)21(25)20(15)19(18)14-9-7-8-10-16(14)28-4/h7-10,12,17,19,24H,6,11H2,1-5H3/t12-,17-,19+/m0/s1. The molecule has 0 unspecified atom stereocenters. The highest BCUT2D eigenvalue weighted by Gasteiger charge is 2.47. The molecular formula is C23H27NO6. The molecule has 3 rings (SSSR count). The molecule has 1 aromatic carbocycles. The molecule has 3 atom stereocenters. The van der Waals surface area contributed by atoms with Gasteiger partial charge in [0.2, 0.25) is 0 Å². The molecule has 0 spiro atoms. The van der Waals surface area contributed by atoms with Crippen molar-refractivity contribution < 1.29 is 28.6 Å². The summed E-state index contributed by atoms with van der Waals surface area (Å²) in [5.74, 6) is -2.72. The van der Waals surface area contributed by atoms with Gasteiger partial charge in [-0.05, 0) is 32.3 Å². The molecule has 0 radical (unpaired) electrons. The molecule has 0 amide bonds. The van der Waals surface area contributed by atoms with Crippen molar-refractivity contribution in [3.8, 4) is 5.75 Å². The Bertz CT molecular complexity index is 945. The number of hydrogen-bond donors (Lipinski definition) is 1. The molecule has 1 heterocycles. The summed E-state index contributed by atoms with van der Waals surface area (Å²) in [6, 6.07) is 7.25. The lowest BCUT2D eigenvalue weighted by Gasteiger charge is -2.38. The number of methoxy groups -OCH3 is 2. The van der Waals surface area contributed by atoms with Crippen LogP contribution >= 0.6 is 0 Å². The lowest BCUT2D eigenvalue weighted by molar-refractivity contribution is -0.151. The third-order valence-electron chi connectivity index (χ3n) is 5.69. The summed E-state index contributed by atoms with van der Waals surface area (Å²) < 4.78 is 15.7. The molecule has 0 saturated heterocycles. The van der Waals surface area contributed by atoms with Crippen LogP contribution in [0, 0.1) is 11.8 Å². The van der Waals surface area contributed by atoms with E-state index in [1.807, 2.05) is 25.1 Å². The quantitative estimate of drug-likeness (QED) is 0.586. The van der Waals surface area contributed by atoms with Crippen LogP contribution in [-0.4, -0.2) is 38.5 Å². The van der Waals surface area contributed by atoms with Crippen molar-refractivity contribution in [2.45, 2.75) is 33.1 Å². The lowest BCUT2D eigenvalue weighted by atomic mass is 9.69. The Labute approximate surface area is 176 Å². The van der Waals surface area contributed by atoms with Gasteiger partial charge in [-0.1, -0.05) is 25.1 Å². The number of hydrogen-bond acceptors (Lipinski definition) is 7. The fourth-order valence-electron chi connectivity index (χ4n) is 4.38. The molecule has 7 nitrogen and oxygen atoms in total. The van der Waals surface area contributed by atoms with Crippen molar-refractivity contribution in [2.75, 3.05) is 20.8 Å². The number of rotatable bonds is 5. The van der Waals surface area contributed by atoms with Crippen molar-refractivity contribution in [2.24, 2.45) is 11.8 Å². The average Bonchev–Trinajstić information content (AvgIpc) is 2.72. The molecule has 7 heteroatoms. The molecule has 0 saturated carbocycles. The Morgan fingerprint density at radius 2 is 1.90 bits per heavy atom. The van der Waals surface area contributed by atoms with Gasteiger partial charge in [0.15, 0.2) is 5.78 Å². The van der Waals surface area contributed by atoms with Crippen molar-refractivity contribution in [3.63, 3.8) is 0 Å². The van der Waals surface area contributed by atoms with Crippen LogP contribution in [0.25, 0.3) is 0 Å². The zero-order valence-electron chi connectivity index (χ0n) is 17.9. The zero-order valence-corrected chi connectivity index (χ0v) is 17.9. The molecule has 1 N–H and O–H groups in total. The van der Waals surface area contributed by atoms with Gasteiger partial charge in [0.05, 0.1) is 32.3 Å². The summed E-state index contributed by atoms with van der Waals surface area (Å²) in [5.41, 5.74) is 2.74. The van der Waals surface area contributed by atoms with E-state index in [1.165, 1.54) is 14.2 Å². The van der Waals surface area contributed by atoms with Crippen molar-refractivity contribution in [3.05, 3.63) is 52.4 Å². The number of Topliss-reactive ketones (excluding diaryl/α,β-unsaturated/α-hetero) is 1. The number of dihydropyridines is 1. The highest BCUT2D eigenvalue weighted by atomic mass is 16.5. The number of benzene rings is 1. The maximum atomic E-state index is 13.6. The molecule has 1 aliphatic carbocycles. The van der Waals surface area contributed by atoms with E-state index in [2.05, 4.69) is 5.32 Å². The normalized spacial score (nSPS) is 23.5. The van der Waals surface area contributed by atoms with Crippen molar-refractivity contribution >= 4 is 17.7 Å². The fourth-order valence-corrected chi connectivity index (χ4v) is 4.38. The van der Waals surface area contributed by atoms with Crippen LogP contribution in [-0.2, 0) is 23.9 Å². The van der Waals surface area contributed by atoms with E-state index in [0.717, 1.165) is 0 Å². The Kier molecular flexibility index (Phi) is 6.29. The summed E-state index contributed by atoms with van der Waals surface area (Å²) in [6.07, 6.45) is 0.486. The second kappa shape index (κ2) is 8.73. The summed E-state index contributed by atoms with van der Waals surface area (Å²) in [7, 11) is 2.81. The van der Waals surface area contributed by atoms with Gasteiger partial charge in [-0.2, -0.15) is 0 Å². The van der Waals surface area contributed by atoms with E-state index in [4.69, 9.17) is 14.2 Å². The lowest BCUT2D eigenvalue weighted by Crippen LogP contribution is -2.43. The summed E-state index contributed by atoms with van der Waals surface area (Å²) in [5, 5.41) is 3.23. The Hall–Kier alpha value is -3.09. The van der Waals surface area contributed by atoms with Crippen molar-refractivity contribution in [1.82, 2.24) is 5.32 Å². The van der Waals surface area contributed by atoms with Crippen LogP contribution in [0.1, 0.15) is 38.7 Å². The minimum atomic E-state index is -0.922. The number of para-hydroxylation sites is 1. The first kappa shape index (κ1) is 21.6. The van der Waals surface area contributed by atoms with E-state index in [0.29, 0.717) is 40.3 Å². The third kappa shape index (κ3) is 3.60. The van der Waals surface area contributed by atoms with Crippen LogP contribution in [0.5, 0.6) is 5.75 Å². The maximum absolute atomic E-state index is 13.6. The molecular weight excluding hydrogens is 386 g/mol. The maximum Gasteiger partial charge on any atom is 0.336 e. The van der Waals surface area contributed by atoms with Gasteiger partial charge in [0.1, 0.15) is 11.7 Å². The third-order valence-corrected chi connectivity index (χ3v) is 5.69. The highest BCUT2D eigenvalue weighted by Crippen LogP contribution is 2.47. The average molecular weight is 413 g/mol. The van der Waals surface area contributed by atoms with Gasteiger partial charge in [-0.25, -0.2) is 4.79 Å². The molecule has 2 aliphatic rings. The summed E-state index contributed by atoms with van der Waals surface area (Å²) >= 11 is 0. The van der Waals surface area contributed by atoms with Gasteiger partial charge < -0.3 is 19.5 Å². The number of carbonyl (C=O) groups is 3. The predicted molar refractivity (Wildman–Crippen MR) is 110 cm³/mol. The van der Waals surface area contributed by atoms with E-state index in [-0.39, 0.29) is 18.3 Å². The number of nitrogens with one attached hydrogen (secondary N) is 1. The van der Waals surface area contributed by atoms with Crippen LogP contribution < -0.4 is 10.1 Å². The van der Waals surface area contributed by atoms with E-state index < -0.39 is 23.8 Å². The first-order valence-corrected chi connectivity index (χ1v) is 9.98. The molecule has 1 aliphatic heterocycles. The van der Waals surface area contributed by atoms with Crippen LogP contribution in [0.2, 0.25) is 0 Å². The molecule has 0 fully saturated rings. The van der Waals surface area contributed by atoms with Gasteiger partial charge in [0, 0.05) is 22.5 Å². The van der Waals surface area contributed by atoms with Gasteiger partial charge in [0.25, 0.3) is 0 Å². The number of esters is 2. The number of allylic oxidation sites excluding steroid dienone is 3. The molecule has 1 aromatic rings. The van der Waals surface area contributed by atoms with Crippen LogP contribution in [0.3, 0.4) is 0 Å². The smallest absolute Gasteiger partial charge is 0.336 e. The number of ketones is 1. The topological polar surface area (TPSA) is 90.9 Å². The van der Waals surface area contributed by atoms with Crippen LogP contribution in [0.4, 0.5) is 0 Å².